The van der Waals surface area contributed by atoms with Crippen LogP contribution >= 0.6 is 11.8 Å². The number of thioether (sulfide) groups is 1. The number of para-hydroxylation sites is 1. The molecule has 2 rings (SSSR count). The molecule has 0 saturated carbocycles. The lowest BCUT2D eigenvalue weighted by molar-refractivity contribution is -0.122. The summed E-state index contributed by atoms with van der Waals surface area (Å²) in [7, 11) is 0. The second-order valence-corrected chi connectivity index (χ2v) is 6.62. The van der Waals surface area contributed by atoms with Crippen molar-refractivity contribution in [3.8, 4) is 5.75 Å². The third-order valence-corrected chi connectivity index (χ3v) is 4.55. The van der Waals surface area contributed by atoms with E-state index in [1.807, 2.05) is 49.9 Å². The van der Waals surface area contributed by atoms with Crippen molar-refractivity contribution in [3.05, 3.63) is 29.8 Å². The van der Waals surface area contributed by atoms with Crippen LogP contribution in [0.15, 0.2) is 24.3 Å². The van der Waals surface area contributed by atoms with E-state index in [1.54, 1.807) is 0 Å². The van der Waals surface area contributed by atoms with Crippen molar-refractivity contribution < 1.29 is 9.53 Å². The van der Waals surface area contributed by atoms with Gasteiger partial charge < -0.3 is 15.4 Å². The van der Waals surface area contributed by atoms with Crippen LogP contribution in [0.25, 0.3) is 0 Å². The molecule has 0 unspecified atom stereocenters. The average Bonchev–Trinajstić information content (AvgIpc) is 2.47. The number of ether oxygens (including phenoxy) is 1. The van der Waals surface area contributed by atoms with Crippen LogP contribution in [0.3, 0.4) is 0 Å². The van der Waals surface area contributed by atoms with Gasteiger partial charge in [0.25, 0.3) is 0 Å². The van der Waals surface area contributed by atoms with Gasteiger partial charge in [0.05, 0.1) is 6.04 Å². The third kappa shape index (κ3) is 5.59. The summed E-state index contributed by atoms with van der Waals surface area (Å²) >= 11 is 1.91. The Morgan fingerprint density at radius 3 is 3.05 bits per heavy atom. The Morgan fingerprint density at radius 1 is 1.52 bits per heavy atom. The van der Waals surface area contributed by atoms with Crippen molar-refractivity contribution in [2.45, 2.75) is 32.4 Å². The average molecular weight is 308 g/mol. The second kappa shape index (κ2) is 8.29. The van der Waals surface area contributed by atoms with E-state index in [1.165, 1.54) is 0 Å². The highest BCUT2D eigenvalue weighted by atomic mass is 32.2. The fourth-order valence-electron chi connectivity index (χ4n) is 2.28. The van der Waals surface area contributed by atoms with Crippen molar-refractivity contribution >= 4 is 17.7 Å². The van der Waals surface area contributed by atoms with E-state index < -0.39 is 0 Å². The molecule has 1 saturated heterocycles. The van der Waals surface area contributed by atoms with Crippen LogP contribution < -0.4 is 15.4 Å². The molecule has 1 aromatic carbocycles. The Labute approximate surface area is 131 Å². The molecule has 116 valence electrons. The van der Waals surface area contributed by atoms with Crippen molar-refractivity contribution in [1.82, 2.24) is 10.6 Å². The number of carbonyl (C=O) groups is 1. The van der Waals surface area contributed by atoms with Gasteiger partial charge in [-0.1, -0.05) is 18.2 Å². The van der Waals surface area contributed by atoms with E-state index in [0.717, 1.165) is 29.4 Å². The zero-order valence-corrected chi connectivity index (χ0v) is 13.5. The molecule has 2 N–H and O–H groups in total. The van der Waals surface area contributed by atoms with Crippen LogP contribution in [-0.2, 0) is 4.79 Å². The summed E-state index contributed by atoms with van der Waals surface area (Å²) in [6.07, 6.45) is 0.543. The highest BCUT2D eigenvalue weighted by Gasteiger charge is 2.17. The van der Waals surface area contributed by atoms with Gasteiger partial charge in [0.15, 0.2) is 0 Å². The topological polar surface area (TPSA) is 50.4 Å². The molecule has 2 atom stereocenters. The highest BCUT2D eigenvalue weighted by Crippen LogP contribution is 2.16. The minimum atomic E-state index is 0.00773. The number of rotatable bonds is 6. The molecule has 4 nitrogen and oxygen atoms in total. The van der Waals surface area contributed by atoms with Gasteiger partial charge in [-0.25, -0.2) is 0 Å². The largest absolute Gasteiger partial charge is 0.491 e. The molecule has 1 aromatic rings. The monoisotopic (exact) mass is 308 g/mol. The van der Waals surface area contributed by atoms with Crippen molar-refractivity contribution in [2.24, 2.45) is 0 Å². The number of benzene rings is 1. The van der Waals surface area contributed by atoms with Gasteiger partial charge in [0.1, 0.15) is 12.4 Å². The minimum absolute atomic E-state index is 0.00773. The predicted octanol–water partition coefficient (Wildman–Crippen LogP) is 1.97. The Hall–Kier alpha value is -1.20. The van der Waals surface area contributed by atoms with Gasteiger partial charge in [-0.3, -0.25) is 4.79 Å². The molecule has 1 amide bonds. The van der Waals surface area contributed by atoms with Crippen molar-refractivity contribution in [1.29, 1.82) is 0 Å². The molecular formula is C16H24N2O2S. The van der Waals surface area contributed by atoms with Gasteiger partial charge in [-0.05, 0) is 25.5 Å². The molecular weight excluding hydrogens is 284 g/mol. The van der Waals surface area contributed by atoms with Crippen LogP contribution in [0.1, 0.15) is 18.9 Å². The summed E-state index contributed by atoms with van der Waals surface area (Å²) in [5.74, 6) is 3.13. The Bertz CT molecular complexity index is 461. The molecule has 0 radical (unpaired) electrons. The zero-order valence-electron chi connectivity index (χ0n) is 12.7. The zero-order chi connectivity index (χ0) is 15.1. The van der Waals surface area contributed by atoms with Gasteiger partial charge in [-0.2, -0.15) is 11.8 Å². The van der Waals surface area contributed by atoms with Gasteiger partial charge >= 0.3 is 0 Å². The molecule has 5 heteroatoms. The van der Waals surface area contributed by atoms with Crippen molar-refractivity contribution in [3.63, 3.8) is 0 Å². The number of hydrogen-bond donors (Lipinski definition) is 2. The van der Waals surface area contributed by atoms with Crippen LogP contribution in [0, 0.1) is 6.92 Å². The molecule has 1 heterocycles. The van der Waals surface area contributed by atoms with E-state index in [4.69, 9.17) is 4.74 Å². The van der Waals surface area contributed by atoms with Crippen LogP contribution in [0.4, 0.5) is 0 Å². The lowest BCUT2D eigenvalue weighted by atomic mass is 10.2. The summed E-state index contributed by atoms with van der Waals surface area (Å²) in [5, 5.41) is 6.38. The summed E-state index contributed by atoms with van der Waals surface area (Å²) in [5.41, 5.74) is 1.11. The number of nitrogens with one attached hydrogen (secondary N) is 2. The molecule has 1 fully saturated rings. The summed E-state index contributed by atoms with van der Waals surface area (Å²) in [6, 6.07) is 8.22. The predicted molar refractivity (Wildman–Crippen MR) is 88.0 cm³/mol. The number of carbonyl (C=O) groups excluding carboxylic acids is 1. The van der Waals surface area contributed by atoms with E-state index in [0.29, 0.717) is 19.1 Å². The standard InChI is InChI=1S/C16H24N2O2S/c1-12-5-3-4-6-15(12)20-10-13(2)18-16(19)9-14-11-21-8-7-17-14/h3-6,13-14,17H,7-11H2,1-2H3,(H,18,19)/t13-,14+/m1/s1. The molecule has 0 aromatic heterocycles. The summed E-state index contributed by atoms with van der Waals surface area (Å²) in [6.45, 7) is 5.47. The molecule has 0 aliphatic carbocycles. The molecule has 0 bridgehead atoms. The quantitative estimate of drug-likeness (QED) is 0.844. The first-order valence-electron chi connectivity index (χ1n) is 7.44. The lowest BCUT2D eigenvalue weighted by Crippen LogP contribution is -2.44. The molecule has 0 spiro atoms. The van der Waals surface area contributed by atoms with Crippen LogP contribution in [0.5, 0.6) is 5.75 Å². The Morgan fingerprint density at radius 2 is 2.33 bits per heavy atom. The highest BCUT2D eigenvalue weighted by molar-refractivity contribution is 7.99. The number of amides is 1. The molecule has 1 aliphatic rings. The third-order valence-electron chi connectivity index (χ3n) is 3.42. The maximum Gasteiger partial charge on any atom is 0.221 e. The van der Waals surface area contributed by atoms with E-state index >= 15 is 0 Å². The first kappa shape index (κ1) is 16.2. The first-order chi connectivity index (χ1) is 10.1. The van der Waals surface area contributed by atoms with E-state index in [-0.39, 0.29) is 11.9 Å². The smallest absolute Gasteiger partial charge is 0.221 e. The van der Waals surface area contributed by atoms with Gasteiger partial charge in [0.2, 0.25) is 5.91 Å². The van der Waals surface area contributed by atoms with Gasteiger partial charge in [-0.15, -0.1) is 0 Å². The fourth-order valence-corrected chi connectivity index (χ4v) is 3.23. The summed E-state index contributed by atoms with van der Waals surface area (Å²) in [4.78, 5) is 12.0. The van der Waals surface area contributed by atoms with E-state index in [2.05, 4.69) is 10.6 Å². The lowest BCUT2D eigenvalue weighted by Gasteiger charge is -2.23. The van der Waals surface area contributed by atoms with Crippen LogP contribution in [-0.4, -0.2) is 42.6 Å². The normalized spacial score (nSPS) is 19.8. The minimum Gasteiger partial charge on any atom is -0.491 e. The number of hydrogen-bond acceptors (Lipinski definition) is 4. The number of aryl methyl sites for hydroxylation is 1. The summed E-state index contributed by atoms with van der Waals surface area (Å²) < 4.78 is 5.75. The first-order valence-corrected chi connectivity index (χ1v) is 8.59. The van der Waals surface area contributed by atoms with Gasteiger partial charge in [0, 0.05) is 30.5 Å². The molecule has 1 aliphatic heterocycles. The SMILES string of the molecule is Cc1ccccc1OC[C@@H](C)NC(=O)C[C@H]1CSCCN1. The second-order valence-electron chi connectivity index (χ2n) is 5.48. The molecule has 21 heavy (non-hydrogen) atoms. The van der Waals surface area contributed by atoms with Crippen LogP contribution in [0.2, 0.25) is 0 Å². The van der Waals surface area contributed by atoms with Crippen molar-refractivity contribution in [2.75, 3.05) is 24.7 Å². The van der Waals surface area contributed by atoms with E-state index in [9.17, 15) is 4.79 Å². The fraction of sp³-hybridized carbons (Fsp3) is 0.562. The Balaban J connectivity index is 1.70. The Kier molecular flexibility index (Phi) is 6.39. The maximum absolute atomic E-state index is 12.0. The maximum atomic E-state index is 12.0.